The fourth-order valence-electron chi connectivity index (χ4n) is 5.91. The van der Waals surface area contributed by atoms with Gasteiger partial charge in [0.2, 0.25) is 0 Å². The number of piperazine rings is 1. The Bertz CT molecular complexity index is 1320. The minimum absolute atomic E-state index is 0.00104. The number of benzene rings is 2. The smallest absolute Gasteiger partial charge is 0.130 e. The fourth-order valence-corrected chi connectivity index (χ4v) is 5.91. The summed E-state index contributed by atoms with van der Waals surface area (Å²) >= 11 is 0. The summed E-state index contributed by atoms with van der Waals surface area (Å²) < 4.78 is 21.4. The maximum Gasteiger partial charge on any atom is 0.130 e. The van der Waals surface area contributed by atoms with Gasteiger partial charge in [0.15, 0.2) is 0 Å². The molecule has 4 heterocycles. The first-order chi connectivity index (χ1) is 17.6. The summed E-state index contributed by atoms with van der Waals surface area (Å²) in [6, 6.07) is 14.0. The van der Waals surface area contributed by atoms with Gasteiger partial charge in [0, 0.05) is 87.4 Å². The topological polar surface area (TPSA) is 67.7 Å². The average molecular weight is 487 g/mol. The van der Waals surface area contributed by atoms with Crippen molar-refractivity contribution in [3.8, 4) is 6.07 Å². The minimum atomic E-state index is -0.0976. The quantitative estimate of drug-likeness (QED) is 0.607. The Labute approximate surface area is 211 Å². The molecule has 1 aromatic heterocycles. The number of nitrogens with zero attached hydrogens (tertiary/aromatic N) is 5. The second-order valence-corrected chi connectivity index (χ2v) is 10.1. The van der Waals surface area contributed by atoms with Gasteiger partial charge in [-0.3, -0.25) is 9.88 Å². The highest BCUT2D eigenvalue weighted by Crippen LogP contribution is 2.33. The number of fused-ring (bicyclic) bond motifs is 2. The summed E-state index contributed by atoms with van der Waals surface area (Å²) in [5.41, 5.74) is 5.30. The number of morpholine rings is 1. The zero-order valence-corrected chi connectivity index (χ0v) is 20.6. The van der Waals surface area contributed by atoms with Gasteiger partial charge < -0.3 is 19.9 Å². The van der Waals surface area contributed by atoms with Crippen LogP contribution in [0.3, 0.4) is 0 Å². The van der Waals surface area contributed by atoms with Crippen LogP contribution in [0.4, 0.5) is 15.8 Å². The van der Waals surface area contributed by atoms with Crippen molar-refractivity contribution in [2.45, 2.75) is 32.2 Å². The van der Waals surface area contributed by atoms with Crippen molar-refractivity contribution in [3.05, 3.63) is 65.1 Å². The van der Waals surface area contributed by atoms with E-state index in [1.54, 1.807) is 12.3 Å². The Balaban J connectivity index is 1.18. The molecule has 0 radical (unpaired) electrons. The molecule has 0 unspecified atom stereocenters. The van der Waals surface area contributed by atoms with Crippen molar-refractivity contribution in [2.75, 3.05) is 55.6 Å². The highest BCUT2D eigenvalue weighted by molar-refractivity contribution is 5.95. The van der Waals surface area contributed by atoms with Crippen LogP contribution in [0.5, 0.6) is 0 Å². The lowest BCUT2D eigenvalue weighted by Gasteiger charge is -2.40. The standard InChI is InChI=1S/C28H31FN6O/c1-19-14-35(27-5-4-20(13-30)28-24(27)3-2-6-32-28)17-23(36-19)16-33-15-21-11-22(12-26(29)25(21)18-33)34-9-7-31-8-10-34/h2-6,11-12,19,23,31H,7-10,14-18H2,1H3/t19-,23+/m1/s1. The maximum atomic E-state index is 15.1. The van der Waals surface area contributed by atoms with E-state index in [0.717, 1.165) is 85.8 Å². The molecule has 3 aliphatic heterocycles. The van der Waals surface area contributed by atoms with Crippen LogP contribution >= 0.6 is 0 Å². The van der Waals surface area contributed by atoms with E-state index in [4.69, 9.17) is 4.74 Å². The molecule has 2 aromatic carbocycles. The molecule has 2 fully saturated rings. The number of hydrogen-bond acceptors (Lipinski definition) is 7. The normalized spacial score (nSPS) is 22.6. The molecule has 1 N–H and O–H groups in total. The molecule has 0 spiro atoms. The van der Waals surface area contributed by atoms with Crippen LogP contribution < -0.4 is 15.1 Å². The number of rotatable bonds is 4. The Kier molecular flexibility index (Phi) is 6.22. The van der Waals surface area contributed by atoms with Crippen molar-refractivity contribution >= 4 is 22.3 Å². The zero-order valence-electron chi connectivity index (χ0n) is 20.6. The summed E-state index contributed by atoms with van der Waals surface area (Å²) in [7, 11) is 0. The molecule has 0 saturated carbocycles. The number of nitrogens with one attached hydrogen (secondary N) is 1. The van der Waals surface area contributed by atoms with E-state index in [1.165, 1.54) is 0 Å². The lowest BCUT2D eigenvalue weighted by molar-refractivity contribution is -0.0329. The van der Waals surface area contributed by atoms with Gasteiger partial charge >= 0.3 is 0 Å². The molecule has 8 heteroatoms. The SMILES string of the molecule is C[C@@H]1CN(c2ccc(C#N)c3ncccc23)C[C@H](CN2Cc3cc(N4CCNCC4)cc(F)c3C2)O1. The number of halogens is 1. The van der Waals surface area contributed by atoms with Gasteiger partial charge in [-0.25, -0.2) is 4.39 Å². The van der Waals surface area contributed by atoms with Crippen LogP contribution in [0.25, 0.3) is 10.9 Å². The molecule has 186 valence electrons. The molecule has 6 rings (SSSR count). The second kappa shape index (κ2) is 9.66. The third kappa shape index (κ3) is 4.39. The summed E-state index contributed by atoms with van der Waals surface area (Å²) in [6.45, 7) is 9.39. The largest absolute Gasteiger partial charge is 0.370 e. The zero-order chi connectivity index (χ0) is 24.6. The lowest BCUT2D eigenvalue weighted by atomic mass is 10.1. The van der Waals surface area contributed by atoms with E-state index in [1.807, 2.05) is 24.3 Å². The third-order valence-corrected chi connectivity index (χ3v) is 7.53. The van der Waals surface area contributed by atoms with Crippen LogP contribution in [0.2, 0.25) is 0 Å². The van der Waals surface area contributed by atoms with Gasteiger partial charge in [-0.1, -0.05) is 0 Å². The minimum Gasteiger partial charge on any atom is -0.370 e. The fraction of sp³-hybridized carbons (Fsp3) is 0.429. The van der Waals surface area contributed by atoms with E-state index in [9.17, 15) is 5.26 Å². The van der Waals surface area contributed by atoms with Crippen molar-refractivity contribution < 1.29 is 9.13 Å². The Morgan fingerprint density at radius 2 is 2.00 bits per heavy atom. The van der Waals surface area contributed by atoms with E-state index >= 15 is 4.39 Å². The van der Waals surface area contributed by atoms with Crippen molar-refractivity contribution in [1.82, 2.24) is 15.2 Å². The van der Waals surface area contributed by atoms with Gasteiger partial charge in [0.1, 0.15) is 11.9 Å². The number of nitriles is 1. The number of hydrogen-bond donors (Lipinski definition) is 1. The van der Waals surface area contributed by atoms with Crippen molar-refractivity contribution in [2.24, 2.45) is 0 Å². The lowest BCUT2D eigenvalue weighted by Crippen LogP contribution is -2.50. The van der Waals surface area contributed by atoms with Crippen LogP contribution in [-0.4, -0.2) is 67.9 Å². The first-order valence-electron chi connectivity index (χ1n) is 12.8. The molecule has 0 aliphatic carbocycles. The monoisotopic (exact) mass is 486 g/mol. The Hall–Kier alpha value is -3.25. The Morgan fingerprint density at radius 1 is 1.14 bits per heavy atom. The van der Waals surface area contributed by atoms with Crippen LogP contribution in [0, 0.1) is 17.1 Å². The number of ether oxygens (including phenoxy) is 1. The van der Waals surface area contributed by atoms with E-state index in [-0.39, 0.29) is 18.0 Å². The van der Waals surface area contributed by atoms with Crippen molar-refractivity contribution in [3.63, 3.8) is 0 Å². The maximum absolute atomic E-state index is 15.1. The first kappa shape index (κ1) is 23.2. The summed E-state index contributed by atoms with van der Waals surface area (Å²) in [5.74, 6) is -0.0976. The highest BCUT2D eigenvalue weighted by atomic mass is 19.1. The number of aromatic nitrogens is 1. The average Bonchev–Trinajstić information content (AvgIpc) is 3.31. The number of anilines is 2. The van der Waals surface area contributed by atoms with E-state index in [2.05, 4.69) is 44.1 Å². The van der Waals surface area contributed by atoms with Gasteiger partial charge in [0.05, 0.1) is 23.3 Å². The Morgan fingerprint density at radius 3 is 2.83 bits per heavy atom. The molecule has 7 nitrogen and oxygen atoms in total. The van der Waals surface area contributed by atoms with Gasteiger partial charge in [-0.05, 0) is 48.9 Å². The summed E-state index contributed by atoms with van der Waals surface area (Å²) in [6.07, 6.45) is 1.79. The predicted molar refractivity (Wildman–Crippen MR) is 139 cm³/mol. The second-order valence-electron chi connectivity index (χ2n) is 10.1. The van der Waals surface area contributed by atoms with Gasteiger partial charge in [-0.15, -0.1) is 0 Å². The third-order valence-electron chi connectivity index (χ3n) is 7.53. The highest BCUT2D eigenvalue weighted by Gasteiger charge is 2.31. The molecule has 3 aromatic rings. The molecule has 0 amide bonds. The molecule has 2 saturated heterocycles. The molecular formula is C28H31FN6O. The van der Waals surface area contributed by atoms with Crippen molar-refractivity contribution in [1.29, 1.82) is 5.26 Å². The summed E-state index contributed by atoms with van der Waals surface area (Å²) in [5, 5.41) is 13.8. The molecule has 36 heavy (non-hydrogen) atoms. The van der Waals surface area contributed by atoms with Crippen LogP contribution in [0.1, 0.15) is 23.6 Å². The van der Waals surface area contributed by atoms with Gasteiger partial charge in [0.25, 0.3) is 0 Å². The molecule has 2 atom stereocenters. The van der Waals surface area contributed by atoms with Gasteiger partial charge in [-0.2, -0.15) is 5.26 Å². The van der Waals surface area contributed by atoms with E-state index in [0.29, 0.717) is 12.1 Å². The molecule has 3 aliphatic rings. The van der Waals surface area contributed by atoms with Crippen LogP contribution in [-0.2, 0) is 17.8 Å². The molecular weight excluding hydrogens is 455 g/mol. The van der Waals surface area contributed by atoms with E-state index < -0.39 is 0 Å². The number of pyridine rings is 1. The van der Waals surface area contributed by atoms with Crippen LogP contribution in [0.15, 0.2) is 42.6 Å². The molecule has 0 bridgehead atoms. The summed E-state index contributed by atoms with van der Waals surface area (Å²) in [4.78, 5) is 11.4. The first-order valence-corrected chi connectivity index (χ1v) is 12.8. The predicted octanol–water partition coefficient (Wildman–Crippen LogP) is 3.26.